The zero-order chi connectivity index (χ0) is 8.27. The molecule has 0 aromatic rings. The SMILES string of the molecule is NC(=O)O[C@H]1CNCC[C@@H]1F. The van der Waals surface area contributed by atoms with Crippen molar-refractivity contribution in [1.82, 2.24) is 5.32 Å². The van der Waals surface area contributed by atoms with Crippen LogP contribution in [0.5, 0.6) is 0 Å². The van der Waals surface area contributed by atoms with Gasteiger partial charge in [0, 0.05) is 6.54 Å². The molecule has 1 aliphatic rings. The fourth-order valence-corrected chi connectivity index (χ4v) is 1.06. The van der Waals surface area contributed by atoms with Gasteiger partial charge in [0.1, 0.15) is 12.3 Å². The van der Waals surface area contributed by atoms with E-state index in [4.69, 9.17) is 5.73 Å². The molecule has 1 saturated heterocycles. The van der Waals surface area contributed by atoms with Crippen molar-refractivity contribution in [2.75, 3.05) is 13.1 Å². The van der Waals surface area contributed by atoms with E-state index in [0.29, 0.717) is 19.5 Å². The van der Waals surface area contributed by atoms with Crippen molar-refractivity contribution in [3.63, 3.8) is 0 Å². The maximum Gasteiger partial charge on any atom is 0.404 e. The summed E-state index contributed by atoms with van der Waals surface area (Å²) in [5, 5.41) is 2.90. The number of nitrogens with one attached hydrogen (secondary N) is 1. The summed E-state index contributed by atoms with van der Waals surface area (Å²) in [6.45, 7) is 0.976. The molecule has 5 heteroatoms. The zero-order valence-corrected chi connectivity index (χ0v) is 6.05. The van der Waals surface area contributed by atoms with Gasteiger partial charge in [-0.15, -0.1) is 0 Å². The van der Waals surface area contributed by atoms with E-state index in [-0.39, 0.29) is 0 Å². The Morgan fingerprint density at radius 1 is 1.73 bits per heavy atom. The maximum atomic E-state index is 12.8. The number of ether oxygens (including phenoxy) is 1. The highest BCUT2D eigenvalue weighted by molar-refractivity contribution is 5.64. The minimum Gasteiger partial charge on any atom is -0.442 e. The van der Waals surface area contributed by atoms with Gasteiger partial charge in [-0.1, -0.05) is 0 Å². The predicted octanol–water partition coefficient (Wildman–Crippen LogP) is -0.218. The van der Waals surface area contributed by atoms with Gasteiger partial charge in [0.2, 0.25) is 0 Å². The minimum atomic E-state index is -1.08. The highest BCUT2D eigenvalue weighted by Gasteiger charge is 2.26. The molecule has 1 fully saturated rings. The lowest BCUT2D eigenvalue weighted by atomic mass is 10.1. The van der Waals surface area contributed by atoms with E-state index in [1.54, 1.807) is 0 Å². The molecule has 0 spiro atoms. The Bertz CT molecular complexity index is 154. The minimum absolute atomic E-state index is 0.351. The highest BCUT2D eigenvalue weighted by Crippen LogP contribution is 2.10. The van der Waals surface area contributed by atoms with Gasteiger partial charge in [0.15, 0.2) is 0 Å². The second-order valence-corrected chi connectivity index (χ2v) is 2.48. The first kappa shape index (κ1) is 8.26. The number of piperidine rings is 1. The van der Waals surface area contributed by atoms with Gasteiger partial charge in [0.25, 0.3) is 0 Å². The Balaban J connectivity index is 2.35. The van der Waals surface area contributed by atoms with Crippen LogP contribution in [0, 0.1) is 0 Å². The second kappa shape index (κ2) is 3.52. The van der Waals surface area contributed by atoms with E-state index in [9.17, 15) is 9.18 Å². The van der Waals surface area contributed by atoms with Crippen LogP contribution in [0.1, 0.15) is 6.42 Å². The van der Waals surface area contributed by atoms with E-state index >= 15 is 0 Å². The topological polar surface area (TPSA) is 64.4 Å². The van der Waals surface area contributed by atoms with Gasteiger partial charge >= 0.3 is 6.09 Å². The molecule has 11 heavy (non-hydrogen) atoms. The number of primary amides is 1. The normalized spacial score (nSPS) is 31.4. The van der Waals surface area contributed by atoms with Crippen molar-refractivity contribution in [3.05, 3.63) is 0 Å². The summed E-state index contributed by atoms with van der Waals surface area (Å²) in [5.74, 6) is 0. The lowest BCUT2D eigenvalue weighted by molar-refractivity contribution is 0.0335. The maximum absolute atomic E-state index is 12.8. The lowest BCUT2D eigenvalue weighted by Crippen LogP contribution is -2.45. The average molecular weight is 162 g/mol. The zero-order valence-electron chi connectivity index (χ0n) is 6.05. The average Bonchev–Trinajstić information content (AvgIpc) is 1.93. The van der Waals surface area contributed by atoms with Crippen molar-refractivity contribution < 1.29 is 13.9 Å². The summed E-state index contributed by atoms with van der Waals surface area (Å²) < 4.78 is 17.3. The first-order valence-electron chi connectivity index (χ1n) is 3.51. The molecule has 0 saturated carbocycles. The molecular formula is C6H11FN2O2. The van der Waals surface area contributed by atoms with Crippen LogP contribution in [0.15, 0.2) is 0 Å². The van der Waals surface area contributed by atoms with Crippen molar-refractivity contribution in [2.24, 2.45) is 5.73 Å². The van der Waals surface area contributed by atoms with Crippen LogP contribution in [0.4, 0.5) is 9.18 Å². The molecule has 1 heterocycles. The van der Waals surface area contributed by atoms with Crippen LogP contribution >= 0.6 is 0 Å². The van der Waals surface area contributed by atoms with E-state index < -0.39 is 18.4 Å². The number of hydrogen-bond acceptors (Lipinski definition) is 3. The molecule has 0 aromatic heterocycles. The third kappa shape index (κ3) is 2.34. The molecule has 0 aliphatic carbocycles. The van der Waals surface area contributed by atoms with Crippen molar-refractivity contribution in [2.45, 2.75) is 18.7 Å². The molecule has 3 N–H and O–H groups in total. The summed E-state index contributed by atoms with van der Waals surface area (Å²) in [5.41, 5.74) is 4.73. The first-order chi connectivity index (χ1) is 5.20. The molecule has 64 valence electrons. The van der Waals surface area contributed by atoms with Gasteiger partial charge < -0.3 is 15.8 Å². The summed E-state index contributed by atoms with van der Waals surface area (Å²) in [4.78, 5) is 10.2. The number of nitrogens with two attached hydrogens (primary N) is 1. The Morgan fingerprint density at radius 2 is 2.45 bits per heavy atom. The molecule has 1 aliphatic heterocycles. The number of alkyl halides is 1. The van der Waals surface area contributed by atoms with E-state index in [1.165, 1.54) is 0 Å². The molecule has 0 aromatic carbocycles. The lowest BCUT2D eigenvalue weighted by Gasteiger charge is -2.25. The number of rotatable bonds is 1. The predicted molar refractivity (Wildman–Crippen MR) is 36.8 cm³/mol. The molecule has 4 nitrogen and oxygen atoms in total. The Labute approximate surface area is 63.9 Å². The Kier molecular flexibility index (Phi) is 2.64. The number of carbonyl (C=O) groups excluding carboxylic acids is 1. The summed E-state index contributed by atoms with van der Waals surface area (Å²) in [6.07, 6.45) is -2.33. The Morgan fingerprint density at radius 3 is 3.00 bits per heavy atom. The first-order valence-corrected chi connectivity index (χ1v) is 3.51. The molecule has 2 atom stereocenters. The largest absolute Gasteiger partial charge is 0.442 e. The fourth-order valence-electron chi connectivity index (χ4n) is 1.06. The van der Waals surface area contributed by atoms with E-state index in [1.807, 2.05) is 0 Å². The van der Waals surface area contributed by atoms with Crippen LogP contribution in [0.25, 0.3) is 0 Å². The monoisotopic (exact) mass is 162 g/mol. The third-order valence-electron chi connectivity index (χ3n) is 1.61. The van der Waals surface area contributed by atoms with Gasteiger partial charge in [0.05, 0.1) is 0 Å². The van der Waals surface area contributed by atoms with Crippen molar-refractivity contribution >= 4 is 6.09 Å². The molecule has 0 radical (unpaired) electrons. The molecule has 0 unspecified atom stereocenters. The third-order valence-corrected chi connectivity index (χ3v) is 1.61. The fraction of sp³-hybridized carbons (Fsp3) is 0.833. The number of amides is 1. The number of carbonyl (C=O) groups is 1. The summed E-state index contributed by atoms with van der Waals surface area (Å²) in [6, 6.07) is 0. The van der Waals surface area contributed by atoms with E-state index in [2.05, 4.69) is 10.1 Å². The van der Waals surface area contributed by atoms with Crippen LogP contribution in [0.2, 0.25) is 0 Å². The summed E-state index contributed by atoms with van der Waals surface area (Å²) in [7, 11) is 0. The Hall–Kier alpha value is -0.840. The van der Waals surface area contributed by atoms with Crippen LogP contribution in [0.3, 0.4) is 0 Å². The number of hydrogen-bond donors (Lipinski definition) is 2. The molecule has 1 amide bonds. The van der Waals surface area contributed by atoms with Gasteiger partial charge in [-0.2, -0.15) is 0 Å². The van der Waals surface area contributed by atoms with Gasteiger partial charge in [-0.3, -0.25) is 0 Å². The highest BCUT2D eigenvalue weighted by atomic mass is 19.1. The smallest absolute Gasteiger partial charge is 0.404 e. The van der Waals surface area contributed by atoms with Crippen molar-refractivity contribution in [3.8, 4) is 0 Å². The molecule has 0 bridgehead atoms. The standard InChI is InChI=1S/C6H11FN2O2/c7-4-1-2-9-3-5(4)11-6(8)10/h4-5,9H,1-3H2,(H2,8,10)/t4-,5-/m0/s1. The molecule has 1 rings (SSSR count). The van der Waals surface area contributed by atoms with Crippen LogP contribution < -0.4 is 11.1 Å². The summed E-state index contributed by atoms with van der Waals surface area (Å²) >= 11 is 0. The van der Waals surface area contributed by atoms with E-state index in [0.717, 1.165) is 0 Å². The van der Waals surface area contributed by atoms with Crippen LogP contribution in [-0.4, -0.2) is 31.5 Å². The quantitative estimate of drug-likeness (QED) is 0.560. The second-order valence-electron chi connectivity index (χ2n) is 2.48. The van der Waals surface area contributed by atoms with Crippen molar-refractivity contribution in [1.29, 1.82) is 0 Å². The van der Waals surface area contributed by atoms with Gasteiger partial charge in [-0.25, -0.2) is 9.18 Å². The number of halogens is 1. The molecular weight excluding hydrogens is 151 g/mol. The van der Waals surface area contributed by atoms with Gasteiger partial charge in [-0.05, 0) is 13.0 Å². The van der Waals surface area contributed by atoms with Crippen LogP contribution in [-0.2, 0) is 4.74 Å².